The van der Waals surface area contributed by atoms with Gasteiger partial charge in [0.05, 0.1) is 5.39 Å². The molecule has 108 valence electrons. The van der Waals surface area contributed by atoms with Crippen LogP contribution in [-0.2, 0) is 6.54 Å². The monoisotopic (exact) mass is 284 g/mol. The van der Waals surface area contributed by atoms with Crippen molar-refractivity contribution in [1.29, 1.82) is 0 Å². The first-order chi connectivity index (χ1) is 10.1. The molecule has 0 aliphatic carbocycles. The Balaban J connectivity index is 2.42. The van der Waals surface area contributed by atoms with Crippen LogP contribution in [0.4, 0.5) is 0 Å². The largest absolute Gasteiger partial charge is 0.437 e. The average Bonchev–Trinajstić information content (AvgIpc) is 2.47. The van der Waals surface area contributed by atoms with Gasteiger partial charge in [0.2, 0.25) is 11.1 Å². The average molecular weight is 284 g/mol. The Kier molecular flexibility index (Phi) is 3.33. The minimum absolute atomic E-state index is 0.0374. The van der Waals surface area contributed by atoms with E-state index in [-0.39, 0.29) is 22.1 Å². The molecule has 0 aliphatic rings. The maximum atomic E-state index is 12.6. The van der Waals surface area contributed by atoms with Crippen LogP contribution in [0.5, 0.6) is 0 Å². The quantitative estimate of drug-likeness (QED) is 0.693. The summed E-state index contributed by atoms with van der Waals surface area (Å²) in [6.45, 7) is 4.37. The molecule has 1 aromatic carbocycles. The summed E-state index contributed by atoms with van der Waals surface area (Å²) in [6.07, 6.45) is 1.84. The molecule has 0 fully saturated rings. The third-order valence-electron chi connectivity index (χ3n) is 3.63. The second kappa shape index (κ2) is 5.16. The van der Waals surface area contributed by atoms with Gasteiger partial charge in [-0.3, -0.25) is 14.2 Å². The van der Waals surface area contributed by atoms with Gasteiger partial charge in [0.15, 0.2) is 5.39 Å². The molecule has 0 radical (unpaired) electrons. The van der Waals surface area contributed by atoms with Crippen molar-refractivity contribution in [2.75, 3.05) is 0 Å². The maximum Gasteiger partial charge on any atom is 0.268 e. The van der Waals surface area contributed by atoms with Gasteiger partial charge < -0.3 is 4.42 Å². The van der Waals surface area contributed by atoms with Crippen LogP contribution in [0.25, 0.3) is 22.1 Å². The summed E-state index contributed by atoms with van der Waals surface area (Å²) in [4.78, 5) is 29.4. The van der Waals surface area contributed by atoms with E-state index in [0.29, 0.717) is 23.3 Å². The third-order valence-corrected chi connectivity index (χ3v) is 3.63. The fourth-order valence-corrected chi connectivity index (χ4v) is 2.47. The summed E-state index contributed by atoms with van der Waals surface area (Å²) >= 11 is 0. The number of hydrogen-bond donors (Lipinski definition) is 0. The van der Waals surface area contributed by atoms with Crippen molar-refractivity contribution in [2.45, 2.75) is 33.2 Å². The number of para-hydroxylation sites is 1. The molecular weight excluding hydrogens is 268 g/mol. The van der Waals surface area contributed by atoms with E-state index in [4.69, 9.17) is 4.42 Å². The summed E-state index contributed by atoms with van der Waals surface area (Å²) in [5.74, 6) is 0.569. The Bertz CT molecular complexity index is 938. The Hall–Kier alpha value is -2.43. The lowest BCUT2D eigenvalue weighted by Gasteiger charge is -2.09. The minimum atomic E-state index is -0.314. The van der Waals surface area contributed by atoms with Gasteiger partial charge >= 0.3 is 0 Å². The van der Waals surface area contributed by atoms with Gasteiger partial charge in [0.25, 0.3) is 5.56 Å². The van der Waals surface area contributed by atoms with Crippen LogP contribution in [-0.4, -0.2) is 9.55 Å². The Labute approximate surface area is 120 Å². The van der Waals surface area contributed by atoms with Gasteiger partial charge in [-0.15, -0.1) is 0 Å². The molecule has 0 N–H and O–H groups in total. The lowest BCUT2D eigenvalue weighted by Crippen LogP contribution is -2.28. The van der Waals surface area contributed by atoms with Gasteiger partial charge in [0.1, 0.15) is 11.4 Å². The molecule has 21 heavy (non-hydrogen) atoms. The van der Waals surface area contributed by atoms with Crippen LogP contribution in [0.1, 0.15) is 25.6 Å². The van der Waals surface area contributed by atoms with Gasteiger partial charge in [-0.25, -0.2) is 0 Å². The van der Waals surface area contributed by atoms with E-state index >= 15 is 0 Å². The minimum Gasteiger partial charge on any atom is -0.437 e. The van der Waals surface area contributed by atoms with Crippen molar-refractivity contribution >= 4 is 22.1 Å². The van der Waals surface area contributed by atoms with Crippen molar-refractivity contribution < 1.29 is 4.42 Å². The van der Waals surface area contributed by atoms with Crippen LogP contribution >= 0.6 is 0 Å². The number of fused-ring (bicyclic) bond motifs is 2. The molecule has 0 aliphatic heterocycles. The number of aromatic nitrogens is 2. The number of nitrogens with zero attached hydrogens (tertiary/aromatic N) is 2. The highest BCUT2D eigenvalue weighted by atomic mass is 16.3. The molecule has 3 aromatic rings. The summed E-state index contributed by atoms with van der Waals surface area (Å²) in [5, 5.41) is 0.449. The maximum absolute atomic E-state index is 12.6. The van der Waals surface area contributed by atoms with E-state index in [9.17, 15) is 9.59 Å². The molecule has 0 saturated heterocycles. The third kappa shape index (κ3) is 2.14. The van der Waals surface area contributed by atoms with Gasteiger partial charge in [-0.1, -0.05) is 25.5 Å². The van der Waals surface area contributed by atoms with Gasteiger partial charge in [-0.2, -0.15) is 4.98 Å². The zero-order valence-corrected chi connectivity index (χ0v) is 12.0. The van der Waals surface area contributed by atoms with Crippen molar-refractivity contribution in [1.82, 2.24) is 9.55 Å². The molecule has 0 saturated carbocycles. The molecule has 0 atom stereocenters. The predicted molar refractivity (Wildman–Crippen MR) is 81.7 cm³/mol. The smallest absolute Gasteiger partial charge is 0.268 e. The number of aryl methyl sites for hydroxylation is 1. The van der Waals surface area contributed by atoms with E-state index in [1.54, 1.807) is 35.8 Å². The van der Waals surface area contributed by atoms with Crippen molar-refractivity contribution in [3.63, 3.8) is 0 Å². The molecule has 0 spiro atoms. The topological polar surface area (TPSA) is 65.1 Å². The molecule has 0 unspecified atom stereocenters. The predicted octanol–water partition coefficient (Wildman–Crippen LogP) is 2.61. The zero-order valence-electron chi connectivity index (χ0n) is 12.0. The number of benzene rings is 1. The van der Waals surface area contributed by atoms with E-state index in [1.807, 2.05) is 0 Å². The van der Waals surface area contributed by atoms with Crippen molar-refractivity contribution in [3.8, 4) is 0 Å². The Morgan fingerprint density at radius 1 is 1.24 bits per heavy atom. The lowest BCUT2D eigenvalue weighted by atomic mass is 10.2. The molecular formula is C16H16N2O3. The molecule has 0 bridgehead atoms. The highest BCUT2D eigenvalue weighted by molar-refractivity contribution is 5.87. The van der Waals surface area contributed by atoms with Crippen LogP contribution in [0.2, 0.25) is 0 Å². The highest BCUT2D eigenvalue weighted by Crippen LogP contribution is 2.15. The first kappa shape index (κ1) is 13.5. The SMILES string of the molecule is CCCCn1c(C)nc2oc3ccccc3c(=O)c2c1=O. The lowest BCUT2D eigenvalue weighted by molar-refractivity contribution is 0.576. The fourth-order valence-electron chi connectivity index (χ4n) is 2.47. The first-order valence-electron chi connectivity index (χ1n) is 7.06. The summed E-state index contributed by atoms with van der Waals surface area (Å²) in [6, 6.07) is 6.90. The second-order valence-corrected chi connectivity index (χ2v) is 5.08. The standard InChI is InChI=1S/C16H16N2O3/c1-3-4-9-18-10(2)17-15-13(16(18)20)14(19)11-7-5-6-8-12(11)21-15/h5-8H,3-4,9H2,1-2H3. The van der Waals surface area contributed by atoms with Gasteiger partial charge in [-0.05, 0) is 25.5 Å². The second-order valence-electron chi connectivity index (χ2n) is 5.08. The number of hydrogen-bond acceptors (Lipinski definition) is 4. The Morgan fingerprint density at radius 3 is 2.76 bits per heavy atom. The Morgan fingerprint density at radius 2 is 2.00 bits per heavy atom. The molecule has 2 heterocycles. The van der Waals surface area contributed by atoms with E-state index in [2.05, 4.69) is 11.9 Å². The van der Waals surface area contributed by atoms with E-state index < -0.39 is 0 Å². The summed E-state index contributed by atoms with van der Waals surface area (Å²) in [5.41, 5.74) is -0.0541. The molecule has 0 amide bonds. The number of rotatable bonds is 3. The van der Waals surface area contributed by atoms with Crippen LogP contribution < -0.4 is 11.0 Å². The summed E-state index contributed by atoms with van der Waals surface area (Å²) < 4.78 is 7.18. The van der Waals surface area contributed by atoms with E-state index in [1.165, 1.54) is 0 Å². The van der Waals surface area contributed by atoms with Crippen LogP contribution in [0.15, 0.2) is 38.3 Å². The fraction of sp³-hybridized carbons (Fsp3) is 0.312. The zero-order chi connectivity index (χ0) is 15.0. The summed E-state index contributed by atoms with van der Waals surface area (Å²) in [7, 11) is 0. The van der Waals surface area contributed by atoms with Crippen molar-refractivity contribution in [2.24, 2.45) is 0 Å². The van der Waals surface area contributed by atoms with Crippen LogP contribution in [0, 0.1) is 6.92 Å². The van der Waals surface area contributed by atoms with Crippen LogP contribution in [0.3, 0.4) is 0 Å². The highest BCUT2D eigenvalue weighted by Gasteiger charge is 2.15. The first-order valence-corrected chi connectivity index (χ1v) is 7.06. The molecule has 5 nitrogen and oxygen atoms in total. The normalized spacial score (nSPS) is 11.3. The van der Waals surface area contributed by atoms with E-state index in [0.717, 1.165) is 12.8 Å². The molecule has 3 rings (SSSR count). The van der Waals surface area contributed by atoms with Crippen molar-refractivity contribution in [3.05, 3.63) is 50.7 Å². The molecule has 2 aromatic heterocycles. The number of unbranched alkanes of at least 4 members (excludes halogenated alkanes) is 1. The van der Waals surface area contributed by atoms with Gasteiger partial charge in [0, 0.05) is 6.54 Å². The molecule has 5 heteroatoms.